The molecular weight excluding hydrogens is 288 g/mol. The zero-order chi connectivity index (χ0) is 14.2. The van der Waals surface area contributed by atoms with Crippen molar-refractivity contribution in [3.63, 3.8) is 0 Å². The summed E-state index contributed by atoms with van der Waals surface area (Å²) >= 11 is 11.9. The first-order valence-electron chi connectivity index (χ1n) is 5.81. The minimum Gasteiger partial charge on any atom is -0.305 e. The summed E-state index contributed by atoms with van der Waals surface area (Å²) in [4.78, 5) is 0. The Labute approximate surface area is 121 Å². The van der Waals surface area contributed by atoms with Crippen LogP contribution in [0.25, 0.3) is 11.4 Å². The maximum Gasteiger partial charge on any atom is 0.166 e. The number of hydrogen-bond donors (Lipinski definition) is 0. The minimum atomic E-state index is -0.477. The zero-order valence-corrected chi connectivity index (χ0v) is 12.4. The third-order valence-corrected chi connectivity index (χ3v) is 3.34. The molecule has 19 heavy (non-hydrogen) atoms. The molecule has 1 heterocycles. The van der Waals surface area contributed by atoms with Crippen molar-refractivity contribution in [2.24, 2.45) is 0 Å². The fourth-order valence-corrected chi connectivity index (χ4v) is 2.34. The molecule has 1 aromatic carbocycles. The van der Waals surface area contributed by atoms with Crippen LogP contribution in [-0.2, 0) is 11.4 Å². The Morgan fingerprint density at radius 3 is 2.53 bits per heavy atom. The van der Waals surface area contributed by atoms with Crippen molar-refractivity contribution in [1.29, 1.82) is 0 Å². The predicted molar refractivity (Wildman–Crippen MR) is 75.0 cm³/mol. The second-order valence-corrected chi connectivity index (χ2v) is 5.83. The van der Waals surface area contributed by atoms with Gasteiger partial charge < -0.3 is 4.57 Å². The van der Waals surface area contributed by atoms with Crippen LogP contribution in [0.15, 0.2) is 18.2 Å². The van der Waals surface area contributed by atoms with E-state index in [1.807, 2.05) is 25.3 Å². The molecule has 0 radical (unpaired) electrons. The molecule has 0 aliphatic heterocycles. The molecular formula is C13H14Cl2FN3. The van der Waals surface area contributed by atoms with E-state index in [9.17, 15) is 4.39 Å². The van der Waals surface area contributed by atoms with Gasteiger partial charge in [-0.3, -0.25) is 0 Å². The topological polar surface area (TPSA) is 30.7 Å². The normalized spacial score (nSPS) is 11.9. The average molecular weight is 302 g/mol. The maximum atomic E-state index is 13.6. The lowest BCUT2D eigenvalue weighted by Gasteiger charge is -2.24. The molecule has 0 fully saturated rings. The number of nitrogens with zero attached hydrogens (tertiary/aromatic N) is 3. The summed E-state index contributed by atoms with van der Waals surface area (Å²) < 4.78 is 15.4. The summed E-state index contributed by atoms with van der Waals surface area (Å²) in [5.41, 5.74) is 0.235. The fraction of sp³-hybridized carbons (Fsp3) is 0.385. The molecule has 102 valence electrons. The van der Waals surface area contributed by atoms with E-state index in [0.717, 1.165) is 0 Å². The lowest BCUT2D eigenvalue weighted by Crippen LogP contribution is -2.25. The van der Waals surface area contributed by atoms with Crippen LogP contribution in [-0.4, -0.2) is 14.8 Å². The summed E-state index contributed by atoms with van der Waals surface area (Å²) in [6, 6.07) is 4.63. The molecule has 6 heteroatoms. The van der Waals surface area contributed by atoms with Crippen molar-refractivity contribution < 1.29 is 4.39 Å². The van der Waals surface area contributed by atoms with Crippen LogP contribution in [0.4, 0.5) is 4.39 Å². The van der Waals surface area contributed by atoms with Crippen LogP contribution in [0, 0.1) is 5.82 Å². The van der Waals surface area contributed by atoms with E-state index in [2.05, 4.69) is 10.2 Å². The smallest absolute Gasteiger partial charge is 0.166 e. The Balaban J connectivity index is 2.70. The largest absolute Gasteiger partial charge is 0.305 e. The van der Waals surface area contributed by atoms with Gasteiger partial charge in [0.25, 0.3) is 0 Å². The Hall–Kier alpha value is -1.13. The average Bonchev–Trinajstić information content (AvgIpc) is 2.76. The Morgan fingerprint density at radius 2 is 1.95 bits per heavy atom. The number of hydrogen-bond acceptors (Lipinski definition) is 2. The summed E-state index contributed by atoms with van der Waals surface area (Å²) in [7, 11) is 0. The van der Waals surface area contributed by atoms with Gasteiger partial charge in [-0.2, -0.15) is 0 Å². The minimum absolute atomic E-state index is 0.0431. The number of benzene rings is 1. The van der Waals surface area contributed by atoms with E-state index >= 15 is 0 Å². The van der Waals surface area contributed by atoms with Gasteiger partial charge >= 0.3 is 0 Å². The van der Waals surface area contributed by atoms with Crippen molar-refractivity contribution >= 4 is 23.2 Å². The van der Waals surface area contributed by atoms with Gasteiger partial charge in [-0.15, -0.1) is 21.8 Å². The van der Waals surface area contributed by atoms with E-state index in [0.29, 0.717) is 17.2 Å². The van der Waals surface area contributed by atoms with E-state index in [4.69, 9.17) is 23.2 Å². The van der Waals surface area contributed by atoms with Crippen LogP contribution >= 0.6 is 23.2 Å². The highest BCUT2D eigenvalue weighted by molar-refractivity contribution is 6.33. The molecule has 2 rings (SSSR count). The lowest BCUT2D eigenvalue weighted by molar-refractivity contribution is 0.390. The first-order valence-corrected chi connectivity index (χ1v) is 6.72. The van der Waals surface area contributed by atoms with Crippen LogP contribution in [0.2, 0.25) is 5.02 Å². The van der Waals surface area contributed by atoms with Crippen molar-refractivity contribution in [3.05, 3.63) is 34.9 Å². The van der Waals surface area contributed by atoms with Crippen LogP contribution in [0.3, 0.4) is 0 Å². The summed E-state index contributed by atoms with van der Waals surface area (Å²) in [6.07, 6.45) is 0. The maximum absolute atomic E-state index is 13.6. The number of aromatic nitrogens is 3. The molecule has 3 nitrogen and oxygen atoms in total. The highest BCUT2D eigenvalue weighted by Crippen LogP contribution is 2.32. The second-order valence-electron chi connectivity index (χ2n) is 5.18. The molecule has 0 atom stereocenters. The quantitative estimate of drug-likeness (QED) is 0.777. The van der Waals surface area contributed by atoms with Crippen molar-refractivity contribution in [2.45, 2.75) is 32.2 Å². The molecule has 0 unspecified atom stereocenters. The van der Waals surface area contributed by atoms with Crippen molar-refractivity contribution in [3.8, 4) is 11.4 Å². The third-order valence-electron chi connectivity index (χ3n) is 2.71. The van der Waals surface area contributed by atoms with E-state index < -0.39 is 5.82 Å². The van der Waals surface area contributed by atoms with E-state index in [1.165, 1.54) is 6.07 Å². The van der Waals surface area contributed by atoms with Gasteiger partial charge in [-0.1, -0.05) is 17.7 Å². The van der Waals surface area contributed by atoms with Gasteiger partial charge in [0.1, 0.15) is 11.6 Å². The van der Waals surface area contributed by atoms with Gasteiger partial charge in [0, 0.05) is 11.1 Å². The Bertz CT molecular complexity index is 602. The summed E-state index contributed by atoms with van der Waals surface area (Å²) in [5, 5.41) is 8.19. The van der Waals surface area contributed by atoms with Crippen LogP contribution < -0.4 is 0 Å². The molecule has 0 bridgehead atoms. The molecule has 0 aliphatic rings. The summed E-state index contributed by atoms with van der Waals surface area (Å²) in [6.45, 7) is 6.01. The number of alkyl halides is 1. The molecule has 0 saturated carbocycles. The van der Waals surface area contributed by atoms with Crippen LogP contribution in [0.5, 0.6) is 0 Å². The molecule has 2 aromatic rings. The lowest BCUT2D eigenvalue weighted by atomic mass is 10.1. The van der Waals surface area contributed by atoms with Gasteiger partial charge in [0.05, 0.1) is 10.9 Å². The van der Waals surface area contributed by atoms with Crippen LogP contribution in [0.1, 0.15) is 26.6 Å². The van der Waals surface area contributed by atoms with E-state index in [1.54, 1.807) is 12.1 Å². The second kappa shape index (κ2) is 5.10. The molecule has 0 aliphatic carbocycles. The highest BCUT2D eigenvalue weighted by atomic mass is 35.5. The van der Waals surface area contributed by atoms with Gasteiger partial charge in [0.2, 0.25) is 0 Å². The molecule has 1 aromatic heterocycles. The molecule has 0 amide bonds. The number of rotatable bonds is 2. The molecule has 0 spiro atoms. The predicted octanol–water partition coefficient (Wildman–Crippen LogP) is 4.23. The highest BCUT2D eigenvalue weighted by Gasteiger charge is 2.25. The van der Waals surface area contributed by atoms with Gasteiger partial charge in [-0.25, -0.2) is 4.39 Å². The van der Waals surface area contributed by atoms with E-state index in [-0.39, 0.29) is 16.4 Å². The SMILES string of the molecule is CC(C)(C)n1c(CCl)nnc1-c1cccc(F)c1Cl. The fourth-order valence-electron chi connectivity index (χ4n) is 1.96. The Kier molecular flexibility index (Phi) is 3.83. The molecule has 0 saturated heterocycles. The Morgan fingerprint density at radius 1 is 1.26 bits per heavy atom. The standard InChI is InChI=1S/C13H14Cl2FN3/c1-13(2,3)19-10(7-14)17-18-12(19)8-5-4-6-9(16)11(8)15/h4-6H,7H2,1-3H3. The molecule has 0 N–H and O–H groups in total. The monoisotopic (exact) mass is 301 g/mol. The summed E-state index contributed by atoms with van der Waals surface area (Å²) in [5.74, 6) is 0.907. The zero-order valence-electron chi connectivity index (χ0n) is 10.9. The van der Waals surface area contributed by atoms with Crippen molar-refractivity contribution in [1.82, 2.24) is 14.8 Å². The first kappa shape index (κ1) is 14.3. The van der Waals surface area contributed by atoms with Crippen molar-refractivity contribution in [2.75, 3.05) is 0 Å². The first-order chi connectivity index (χ1) is 8.86. The number of halogens is 3. The van der Waals surface area contributed by atoms with Gasteiger partial charge in [-0.05, 0) is 32.9 Å². The third kappa shape index (κ3) is 2.60. The van der Waals surface area contributed by atoms with Gasteiger partial charge in [0.15, 0.2) is 5.82 Å².